The molecular formula is C18H19N5O2. The molecule has 7 heteroatoms. The van der Waals surface area contributed by atoms with Crippen molar-refractivity contribution in [3.05, 3.63) is 47.4 Å². The first-order chi connectivity index (χ1) is 12.1. The van der Waals surface area contributed by atoms with Gasteiger partial charge in [-0.2, -0.15) is 0 Å². The van der Waals surface area contributed by atoms with E-state index in [1.54, 1.807) is 12.3 Å². The van der Waals surface area contributed by atoms with E-state index < -0.39 is 6.03 Å². The van der Waals surface area contributed by atoms with E-state index in [0.29, 0.717) is 17.1 Å². The predicted molar refractivity (Wildman–Crippen MR) is 93.5 cm³/mol. The highest BCUT2D eigenvalue weighted by Crippen LogP contribution is 2.43. The molecule has 2 N–H and O–H groups in total. The first kappa shape index (κ1) is 15.6. The molecular weight excluding hydrogens is 318 g/mol. The van der Waals surface area contributed by atoms with Gasteiger partial charge in [-0.15, -0.1) is 0 Å². The third-order valence-electron chi connectivity index (χ3n) is 4.68. The molecule has 1 aromatic carbocycles. The van der Waals surface area contributed by atoms with Gasteiger partial charge in [0, 0.05) is 29.6 Å². The fourth-order valence-electron chi connectivity index (χ4n) is 3.64. The second-order valence-corrected chi connectivity index (χ2v) is 6.40. The number of hydrogen-bond donors (Lipinski definition) is 2. The lowest BCUT2D eigenvalue weighted by molar-refractivity contribution is 0.0672. The smallest absolute Gasteiger partial charge is 0.324 e. The van der Waals surface area contributed by atoms with E-state index in [9.17, 15) is 9.59 Å². The average molecular weight is 337 g/mol. The Hall–Kier alpha value is -2.96. The lowest BCUT2D eigenvalue weighted by atomic mass is 9.96. The average Bonchev–Trinajstić information content (AvgIpc) is 2.89. The van der Waals surface area contributed by atoms with Crippen LogP contribution in [0.5, 0.6) is 0 Å². The van der Waals surface area contributed by atoms with E-state index in [1.807, 2.05) is 24.0 Å². The second-order valence-electron chi connectivity index (χ2n) is 6.40. The largest absolute Gasteiger partial charge is 0.331 e. The standard InChI is InChI=1S/C18H19N5O2/c1-11-9-19-10-15(20-11)22-18(25)21-13-6-4-5-12-16(13)14-7-2-3-8-23(14)17(12)24/h4-6,9-10,14H,2-3,7-8H2,1H3,(H2,20,21,22,25). The van der Waals surface area contributed by atoms with Gasteiger partial charge < -0.3 is 10.2 Å². The molecule has 0 aliphatic carbocycles. The number of benzene rings is 1. The molecule has 2 aromatic rings. The van der Waals surface area contributed by atoms with Crippen LogP contribution in [0.25, 0.3) is 0 Å². The van der Waals surface area contributed by atoms with Gasteiger partial charge in [-0.25, -0.2) is 9.78 Å². The molecule has 4 rings (SSSR count). The van der Waals surface area contributed by atoms with Crippen molar-refractivity contribution in [2.24, 2.45) is 0 Å². The summed E-state index contributed by atoms with van der Waals surface area (Å²) in [7, 11) is 0. The van der Waals surface area contributed by atoms with Gasteiger partial charge in [0.2, 0.25) is 0 Å². The van der Waals surface area contributed by atoms with Crippen LogP contribution in [0.1, 0.15) is 46.9 Å². The number of hydrogen-bond acceptors (Lipinski definition) is 4. The minimum atomic E-state index is -0.394. The summed E-state index contributed by atoms with van der Waals surface area (Å²) < 4.78 is 0. The second kappa shape index (κ2) is 6.16. The van der Waals surface area contributed by atoms with Gasteiger partial charge >= 0.3 is 6.03 Å². The van der Waals surface area contributed by atoms with E-state index in [2.05, 4.69) is 20.6 Å². The van der Waals surface area contributed by atoms with Crippen molar-refractivity contribution in [3.63, 3.8) is 0 Å². The molecule has 2 aliphatic heterocycles. The lowest BCUT2D eigenvalue weighted by Crippen LogP contribution is -2.32. The van der Waals surface area contributed by atoms with Crippen molar-refractivity contribution in [2.75, 3.05) is 17.2 Å². The molecule has 3 heterocycles. The summed E-state index contributed by atoms with van der Waals surface area (Å²) in [6.07, 6.45) is 6.17. The van der Waals surface area contributed by atoms with Crippen molar-refractivity contribution in [1.29, 1.82) is 0 Å². The van der Waals surface area contributed by atoms with Crippen molar-refractivity contribution in [2.45, 2.75) is 32.2 Å². The highest BCUT2D eigenvalue weighted by atomic mass is 16.2. The first-order valence-corrected chi connectivity index (χ1v) is 8.44. The molecule has 128 valence electrons. The Bertz CT molecular complexity index is 851. The third-order valence-corrected chi connectivity index (χ3v) is 4.68. The summed E-state index contributed by atoms with van der Waals surface area (Å²) in [5.74, 6) is 0.453. The Morgan fingerprint density at radius 2 is 2.12 bits per heavy atom. The van der Waals surface area contributed by atoms with Crippen LogP contribution >= 0.6 is 0 Å². The van der Waals surface area contributed by atoms with Crippen LogP contribution in [-0.4, -0.2) is 33.4 Å². The molecule has 2 aliphatic rings. The number of rotatable bonds is 2. The highest BCUT2D eigenvalue weighted by molar-refractivity contribution is 6.04. The number of anilines is 2. The Morgan fingerprint density at radius 1 is 1.24 bits per heavy atom. The molecule has 0 radical (unpaired) electrons. The van der Waals surface area contributed by atoms with Crippen molar-refractivity contribution < 1.29 is 9.59 Å². The van der Waals surface area contributed by atoms with E-state index >= 15 is 0 Å². The van der Waals surface area contributed by atoms with Crippen LogP contribution in [0.4, 0.5) is 16.3 Å². The van der Waals surface area contributed by atoms with Gasteiger partial charge in [0.25, 0.3) is 5.91 Å². The summed E-state index contributed by atoms with van der Waals surface area (Å²) in [5, 5.41) is 5.55. The fourth-order valence-corrected chi connectivity index (χ4v) is 3.64. The number of carbonyl (C=O) groups is 2. The summed E-state index contributed by atoms with van der Waals surface area (Å²) in [6.45, 7) is 2.59. The number of nitrogens with one attached hydrogen (secondary N) is 2. The number of amides is 3. The summed E-state index contributed by atoms with van der Waals surface area (Å²) in [4.78, 5) is 35.1. The first-order valence-electron chi connectivity index (χ1n) is 8.44. The summed E-state index contributed by atoms with van der Waals surface area (Å²) in [6, 6.07) is 5.15. The van der Waals surface area contributed by atoms with Gasteiger partial charge in [-0.1, -0.05) is 6.07 Å². The molecule has 1 saturated heterocycles. The molecule has 7 nitrogen and oxygen atoms in total. The number of urea groups is 1. The van der Waals surface area contributed by atoms with Crippen LogP contribution in [-0.2, 0) is 0 Å². The molecule has 3 amide bonds. The molecule has 1 atom stereocenters. The Morgan fingerprint density at radius 3 is 2.96 bits per heavy atom. The minimum absolute atomic E-state index is 0.0616. The number of carbonyl (C=O) groups excluding carboxylic acids is 2. The Labute approximate surface area is 145 Å². The van der Waals surface area contributed by atoms with Gasteiger partial charge in [0.15, 0.2) is 5.82 Å². The van der Waals surface area contributed by atoms with E-state index in [-0.39, 0.29) is 11.9 Å². The van der Waals surface area contributed by atoms with Gasteiger partial charge in [0.1, 0.15) is 0 Å². The van der Waals surface area contributed by atoms with E-state index in [4.69, 9.17) is 0 Å². The minimum Gasteiger partial charge on any atom is -0.331 e. The van der Waals surface area contributed by atoms with Crippen molar-refractivity contribution in [3.8, 4) is 0 Å². The maximum atomic E-state index is 12.6. The Balaban J connectivity index is 1.58. The molecule has 0 saturated carbocycles. The number of fused-ring (bicyclic) bond motifs is 3. The zero-order chi connectivity index (χ0) is 17.4. The van der Waals surface area contributed by atoms with Gasteiger partial charge in [-0.3, -0.25) is 15.1 Å². The van der Waals surface area contributed by atoms with Gasteiger partial charge in [-0.05, 0) is 38.3 Å². The van der Waals surface area contributed by atoms with Crippen LogP contribution < -0.4 is 10.6 Å². The normalized spacial score (nSPS) is 18.5. The maximum absolute atomic E-state index is 12.6. The summed E-state index contributed by atoms with van der Waals surface area (Å²) in [5.41, 5.74) is 3.03. The van der Waals surface area contributed by atoms with E-state index in [0.717, 1.165) is 37.1 Å². The van der Waals surface area contributed by atoms with Crippen LogP contribution in [0.2, 0.25) is 0 Å². The topological polar surface area (TPSA) is 87.2 Å². The number of piperidine rings is 1. The third kappa shape index (κ3) is 2.82. The van der Waals surface area contributed by atoms with Crippen molar-refractivity contribution in [1.82, 2.24) is 14.9 Å². The van der Waals surface area contributed by atoms with Crippen LogP contribution in [0.15, 0.2) is 30.6 Å². The van der Waals surface area contributed by atoms with Gasteiger partial charge in [0.05, 0.1) is 17.9 Å². The number of nitrogens with zero attached hydrogens (tertiary/aromatic N) is 3. The molecule has 1 aromatic heterocycles. The number of aryl methyl sites for hydroxylation is 1. The van der Waals surface area contributed by atoms with E-state index in [1.165, 1.54) is 6.20 Å². The lowest BCUT2D eigenvalue weighted by Gasteiger charge is -2.30. The predicted octanol–water partition coefficient (Wildman–Crippen LogP) is 3.11. The molecule has 1 fully saturated rings. The van der Waals surface area contributed by atoms with Crippen LogP contribution in [0.3, 0.4) is 0 Å². The summed E-state index contributed by atoms with van der Waals surface area (Å²) >= 11 is 0. The zero-order valence-electron chi connectivity index (χ0n) is 14.0. The monoisotopic (exact) mass is 337 g/mol. The van der Waals surface area contributed by atoms with Crippen molar-refractivity contribution >= 4 is 23.4 Å². The fraction of sp³-hybridized carbons (Fsp3) is 0.333. The molecule has 0 spiro atoms. The molecule has 0 bridgehead atoms. The quantitative estimate of drug-likeness (QED) is 0.881. The van der Waals surface area contributed by atoms with Crippen LogP contribution in [0, 0.1) is 6.92 Å². The number of aromatic nitrogens is 2. The molecule has 25 heavy (non-hydrogen) atoms. The Kier molecular flexibility index (Phi) is 3.83. The zero-order valence-corrected chi connectivity index (χ0v) is 14.0. The molecule has 1 unspecified atom stereocenters. The maximum Gasteiger partial charge on any atom is 0.324 e. The SMILES string of the molecule is Cc1cncc(NC(=O)Nc2cccc3c2C2CCCCN2C3=O)n1. The highest BCUT2D eigenvalue weighted by Gasteiger charge is 2.39.